The van der Waals surface area contributed by atoms with Crippen LogP contribution >= 0.6 is 0 Å². The second-order valence-corrected chi connectivity index (χ2v) is 14.8. The van der Waals surface area contributed by atoms with Crippen molar-refractivity contribution >= 4 is 11.9 Å². The van der Waals surface area contributed by atoms with Gasteiger partial charge in [0, 0.05) is 12.8 Å². The summed E-state index contributed by atoms with van der Waals surface area (Å²) < 4.78 is 10.6. The quantitative estimate of drug-likeness (QED) is 0.0386. The number of carbonyl (C=O) groups excluding carboxylic acids is 2. The Morgan fingerprint density at radius 2 is 0.769 bits per heavy atom. The van der Waals surface area contributed by atoms with Gasteiger partial charge in [-0.05, 0) is 77.0 Å². The molecule has 0 amide bonds. The Kier molecular flexibility index (Phi) is 41.5. The van der Waals surface area contributed by atoms with Crippen molar-refractivity contribution in [2.45, 2.75) is 225 Å². The van der Waals surface area contributed by atoms with E-state index < -0.39 is 6.10 Å². The van der Waals surface area contributed by atoms with Crippen molar-refractivity contribution in [1.82, 2.24) is 0 Å². The molecule has 0 radical (unpaired) electrons. The van der Waals surface area contributed by atoms with Crippen LogP contribution in [0, 0.1) is 0 Å². The maximum atomic E-state index is 12.2. The predicted molar refractivity (Wildman–Crippen MR) is 224 cm³/mol. The van der Waals surface area contributed by atoms with Crippen LogP contribution in [-0.2, 0) is 19.1 Å². The Balaban J connectivity index is 3.54. The van der Waals surface area contributed by atoms with E-state index in [1.807, 2.05) is 0 Å². The molecule has 0 saturated carbocycles. The highest BCUT2D eigenvalue weighted by Gasteiger charge is 2.16. The monoisotopic (exact) mass is 729 g/mol. The van der Waals surface area contributed by atoms with Crippen molar-refractivity contribution in [2.24, 2.45) is 0 Å². The first-order chi connectivity index (χ1) is 25.6. The number of aliphatic hydroxyl groups excluding tert-OH is 1. The summed E-state index contributed by atoms with van der Waals surface area (Å²) >= 11 is 0. The third-order valence-electron chi connectivity index (χ3n) is 9.60. The molecule has 0 heterocycles. The SMILES string of the molecule is CCCCCC/C=C\CCCCCCCC(=O)OCC(CO)OC(=O)CCCCCCCCCCCC/C=C\C/C=C\C/C=C\CCCCCCC. The topological polar surface area (TPSA) is 72.8 Å². The van der Waals surface area contributed by atoms with Gasteiger partial charge in [-0.15, -0.1) is 0 Å². The number of allylic oxidation sites excluding steroid dienone is 8. The summed E-state index contributed by atoms with van der Waals surface area (Å²) in [4.78, 5) is 24.3. The van der Waals surface area contributed by atoms with Gasteiger partial charge in [0.05, 0.1) is 6.61 Å². The van der Waals surface area contributed by atoms with Crippen molar-refractivity contribution in [2.75, 3.05) is 13.2 Å². The van der Waals surface area contributed by atoms with Crippen LogP contribution in [0.1, 0.15) is 219 Å². The second-order valence-electron chi connectivity index (χ2n) is 14.8. The molecular formula is C47H84O5. The van der Waals surface area contributed by atoms with Gasteiger partial charge in [0.1, 0.15) is 6.61 Å². The number of hydrogen-bond donors (Lipinski definition) is 1. The molecule has 1 N–H and O–H groups in total. The highest BCUT2D eigenvalue weighted by atomic mass is 16.6. The molecule has 0 fully saturated rings. The normalized spacial score (nSPS) is 12.6. The highest BCUT2D eigenvalue weighted by molar-refractivity contribution is 5.70. The van der Waals surface area contributed by atoms with Gasteiger partial charge >= 0.3 is 11.9 Å². The summed E-state index contributed by atoms with van der Waals surface area (Å²) in [6.07, 6.45) is 54.7. The average molecular weight is 729 g/mol. The number of unbranched alkanes of at least 4 members (excludes halogenated alkanes) is 24. The van der Waals surface area contributed by atoms with Gasteiger partial charge in [0.15, 0.2) is 6.10 Å². The molecule has 0 aliphatic heterocycles. The highest BCUT2D eigenvalue weighted by Crippen LogP contribution is 2.14. The first-order valence-corrected chi connectivity index (χ1v) is 22.2. The van der Waals surface area contributed by atoms with Crippen LogP contribution in [0.5, 0.6) is 0 Å². The molecule has 0 aliphatic carbocycles. The fourth-order valence-corrected chi connectivity index (χ4v) is 6.20. The molecule has 0 aromatic heterocycles. The summed E-state index contributed by atoms with van der Waals surface area (Å²) in [7, 11) is 0. The van der Waals surface area contributed by atoms with E-state index in [1.54, 1.807) is 0 Å². The van der Waals surface area contributed by atoms with Crippen molar-refractivity contribution in [3.63, 3.8) is 0 Å². The van der Waals surface area contributed by atoms with Crippen molar-refractivity contribution in [3.05, 3.63) is 48.6 Å². The zero-order valence-electron chi connectivity index (χ0n) is 34.3. The third-order valence-corrected chi connectivity index (χ3v) is 9.60. The molecule has 0 aromatic rings. The van der Waals surface area contributed by atoms with E-state index in [2.05, 4.69) is 62.5 Å². The Hall–Kier alpha value is -2.14. The lowest BCUT2D eigenvalue weighted by Gasteiger charge is -2.15. The molecule has 302 valence electrons. The van der Waals surface area contributed by atoms with Gasteiger partial charge in [0.25, 0.3) is 0 Å². The van der Waals surface area contributed by atoms with E-state index in [0.717, 1.165) is 57.8 Å². The lowest BCUT2D eigenvalue weighted by atomic mass is 10.0. The number of aliphatic hydroxyl groups is 1. The van der Waals surface area contributed by atoms with Gasteiger partial charge in [-0.1, -0.05) is 178 Å². The number of ether oxygens (including phenoxy) is 2. The molecule has 1 unspecified atom stereocenters. The summed E-state index contributed by atoms with van der Waals surface area (Å²) in [6.45, 7) is 4.10. The van der Waals surface area contributed by atoms with Crippen LogP contribution in [0.2, 0.25) is 0 Å². The Labute approximate surface area is 322 Å². The second kappa shape index (κ2) is 43.3. The molecule has 5 heteroatoms. The number of carbonyl (C=O) groups is 2. The maximum absolute atomic E-state index is 12.2. The lowest BCUT2D eigenvalue weighted by molar-refractivity contribution is -0.161. The molecule has 1 atom stereocenters. The average Bonchev–Trinajstić information content (AvgIpc) is 3.15. The number of esters is 2. The fraction of sp³-hybridized carbons (Fsp3) is 0.787. The zero-order valence-corrected chi connectivity index (χ0v) is 34.3. The standard InChI is InChI=1S/C47H84O5/c1-3-5-7-9-11-13-15-17-18-19-20-21-22-23-24-25-26-27-28-30-32-34-36-38-40-42-47(50)52-45(43-48)44-51-46(49)41-39-37-35-33-31-29-16-14-12-10-8-6-4-2/h14-17,19-20,22-23,45,48H,3-13,18,21,24-44H2,1-2H3/b16-14-,17-15-,20-19-,23-22-. The molecule has 0 aliphatic rings. The molecule has 0 rings (SSSR count). The molecule has 5 nitrogen and oxygen atoms in total. The third kappa shape index (κ3) is 40.6. The minimum absolute atomic E-state index is 0.0716. The zero-order chi connectivity index (χ0) is 37.8. The van der Waals surface area contributed by atoms with Crippen molar-refractivity contribution in [3.8, 4) is 0 Å². The number of hydrogen-bond acceptors (Lipinski definition) is 5. The van der Waals surface area contributed by atoms with Crippen LogP contribution < -0.4 is 0 Å². The Morgan fingerprint density at radius 1 is 0.442 bits per heavy atom. The molecule has 0 aromatic carbocycles. The molecule has 0 spiro atoms. The van der Waals surface area contributed by atoms with Gasteiger partial charge < -0.3 is 14.6 Å². The summed E-state index contributed by atoms with van der Waals surface area (Å²) in [6, 6.07) is 0. The minimum atomic E-state index is -0.776. The molecule has 0 saturated heterocycles. The van der Waals surface area contributed by atoms with Crippen LogP contribution in [0.15, 0.2) is 48.6 Å². The first kappa shape index (κ1) is 49.9. The van der Waals surface area contributed by atoms with Gasteiger partial charge in [-0.2, -0.15) is 0 Å². The summed E-state index contributed by atoms with van der Waals surface area (Å²) in [5, 5.41) is 9.57. The van der Waals surface area contributed by atoms with Crippen molar-refractivity contribution < 1.29 is 24.2 Å². The number of rotatable bonds is 40. The van der Waals surface area contributed by atoms with Crippen molar-refractivity contribution in [1.29, 1.82) is 0 Å². The van der Waals surface area contributed by atoms with E-state index in [1.165, 1.54) is 135 Å². The van der Waals surface area contributed by atoms with E-state index in [-0.39, 0.29) is 25.2 Å². The Bertz CT molecular complexity index is 873. The molecule has 52 heavy (non-hydrogen) atoms. The van der Waals surface area contributed by atoms with E-state index in [4.69, 9.17) is 9.47 Å². The summed E-state index contributed by atoms with van der Waals surface area (Å²) in [5.74, 6) is -0.603. The van der Waals surface area contributed by atoms with Crippen LogP contribution in [0.4, 0.5) is 0 Å². The van der Waals surface area contributed by atoms with Crippen LogP contribution in [0.3, 0.4) is 0 Å². The van der Waals surface area contributed by atoms with E-state index in [0.29, 0.717) is 12.8 Å². The van der Waals surface area contributed by atoms with Gasteiger partial charge in [0.2, 0.25) is 0 Å². The molecular weight excluding hydrogens is 645 g/mol. The van der Waals surface area contributed by atoms with Crippen LogP contribution in [-0.4, -0.2) is 36.4 Å². The Morgan fingerprint density at radius 3 is 1.19 bits per heavy atom. The first-order valence-electron chi connectivity index (χ1n) is 22.2. The van der Waals surface area contributed by atoms with Gasteiger partial charge in [-0.3, -0.25) is 9.59 Å². The lowest BCUT2D eigenvalue weighted by Crippen LogP contribution is -2.28. The van der Waals surface area contributed by atoms with E-state index in [9.17, 15) is 14.7 Å². The minimum Gasteiger partial charge on any atom is -0.462 e. The van der Waals surface area contributed by atoms with Crippen LogP contribution in [0.25, 0.3) is 0 Å². The van der Waals surface area contributed by atoms with E-state index >= 15 is 0 Å². The summed E-state index contributed by atoms with van der Waals surface area (Å²) in [5.41, 5.74) is 0. The molecule has 0 bridgehead atoms. The smallest absolute Gasteiger partial charge is 0.306 e. The largest absolute Gasteiger partial charge is 0.462 e. The fourth-order valence-electron chi connectivity index (χ4n) is 6.20. The van der Waals surface area contributed by atoms with Gasteiger partial charge in [-0.25, -0.2) is 0 Å². The maximum Gasteiger partial charge on any atom is 0.306 e. The predicted octanol–water partition coefficient (Wildman–Crippen LogP) is 14.2.